The second kappa shape index (κ2) is 7.67. The van der Waals surface area contributed by atoms with Crippen LogP contribution in [0.15, 0.2) is 57.7 Å². The predicted molar refractivity (Wildman–Crippen MR) is 102 cm³/mol. The van der Waals surface area contributed by atoms with Gasteiger partial charge < -0.3 is 23.9 Å². The molecule has 3 aromatic rings. The molecule has 0 unspecified atom stereocenters. The van der Waals surface area contributed by atoms with E-state index in [-0.39, 0.29) is 18.9 Å². The zero-order chi connectivity index (χ0) is 20.4. The van der Waals surface area contributed by atoms with Crippen LogP contribution in [0.25, 0.3) is 11.0 Å². The van der Waals surface area contributed by atoms with Gasteiger partial charge in [0.25, 0.3) is 5.91 Å². The van der Waals surface area contributed by atoms with E-state index in [9.17, 15) is 14.4 Å². The van der Waals surface area contributed by atoms with Gasteiger partial charge in [0.15, 0.2) is 17.6 Å². The lowest BCUT2D eigenvalue weighted by molar-refractivity contribution is -0.129. The van der Waals surface area contributed by atoms with Crippen molar-refractivity contribution in [2.45, 2.75) is 19.6 Å². The van der Waals surface area contributed by atoms with Gasteiger partial charge in [0, 0.05) is 11.9 Å². The average molecular weight is 395 g/mol. The maximum absolute atomic E-state index is 12.3. The average Bonchev–Trinajstić information content (AvgIpc) is 3.19. The van der Waals surface area contributed by atoms with Gasteiger partial charge in [-0.25, -0.2) is 9.59 Å². The number of carbonyl (C=O) groups is 2. The van der Waals surface area contributed by atoms with Crippen LogP contribution in [0.2, 0.25) is 0 Å². The Morgan fingerprint density at radius 1 is 1.10 bits per heavy atom. The van der Waals surface area contributed by atoms with Crippen LogP contribution >= 0.6 is 0 Å². The van der Waals surface area contributed by atoms with E-state index in [2.05, 4.69) is 5.32 Å². The van der Waals surface area contributed by atoms with Gasteiger partial charge >= 0.3 is 11.6 Å². The van der Waals surface area contributed by atoms with E-state index in [1.807, 2.05) is 0 Å². The Hall–Kier alpha value is -3.81. The molecule has 148 valence electrons. The highest BCUT2D eigenvalue weighted by atomic mass is 16.7. The van der Waals surface area contributed by atoms with E-state index in [0.717, 1.165) is 5.56 Å². The van der Waals surface area contributed by atoms with Crippen molar-refractivity contribution in [3.8, 4) is 11.5 Å². The quantitative estimate of drug-likeness (QED) is 0.522. The SMILES string of the molecule is C[C@H](OC(=O)c1cc2ccccc2oc1=O)C(=O)NCc1ccc2c(c1)OCO2. The molecule has 8 nitrogen and oxygen atoms in total. The van der Waals surface area contributed by atoms with Gasteiger partial charge in [-0.05, 0) is 36.8 Å². The van der Waals surface area contributed by atoms with Crippen LogP contribution in [-0.4, -0.2) is 24.8 Å². The topological polar surface area (TPSA) is 104 Å². The van der Waals surface area contributed by atoms with Gasteiger partial charge in [-0.3, -0.25) is 4.79 Å². The maximum Gasteiger partial charge on any atom is 0.351 e. The van der Waals surface area contributed by atoms with Crippen LogP contribution in [0.1, 0.15) is 22.8 Å². The number of ether oxygens (including phenoxy) is 3. The minimum Gasteiger partial charge on any atom is -0.454 e. The lowest BCUT2D eigenvalue weighted by atomic mass is 10.2. The highest BCUT2D eigenvalue weighted by molar-refractivity contribution is 5.94. The molecule has 1 N–H and O–H groups in total. The van der Waals surface area contributed by atoms with Gasteiger partial charge in [0.2, 0.25) is 6.79 Å². The van der Waals surface area contributed by atoms with Crippen molar-refractivity contribution >= 4 is 22.8 Å². The van der Waals surface area contributed by atoms with E-state index in [1.165, 1.54) is 13.0 Å². The van der Waals surface area contributed by atoms with Crippen molar-refractivity contribution in [3.63, 3.8) is 0 Å². The summed E-state index contributed by atoms with van der Waals surface area (Å²) in [6.45, 7) is 1.81. The molecule has 0 fully saturated rings. The minimum atomic E-state index is -1.10. The fourth-order valence-corrected chi connectivity index (χ4v) is 2.87. The summed E-state index contributed by atoms with van der Waals surface area (Å²) in [7, 11) is 0. The summed E-state index contributed by atoms with van der Waals surface area (Å²) in [5, 5.41) is 3.26. The molecule has 1 atom stereocenters. The maximum atomic E-state index is 12.3. The molecule has 0 spiro atoms. The fraction of sp³-hybridized carbons (Fsp3) is 0.190. The molecule has 2 heterocycles. The third-order valence-electron chi connectivity index (χ3n) is 4.42. The predicted octanol–water partition coefficient (Wildman–Crippen LogP) is 2.38. The van der Waals surface area contributed by atoms with Crippen molar-refractivity contribution in [2.24, 2.45) is 0 Å². The molecule has 29 heavy (non-hydrogen) atoms. The van der Waals surface area contributed by atoms with Crippen LogP contribution in [0.3, 0.4) is 0 Å². The second-order valence-electron chi connectivity index (χ2n) is 6.44. The Labute approximate surface area is 165 Å². The smallest absolute Gasteiger partial charge is 0.351 e. The standard InChI is InChI=1S/C21H17NO7/c1-12(19(23)22-10-13-6-7-17-18(8-13)27-11-26-17)28-20(24)15-9-14-4-2-3-5-16(14)29-21(15)25/h2-9,12H,10-11H2,1H3,(H,22,23)/t12-/m0/s1. The number of benzene rings is 2. The van der Waals surface area contributed by atoms with Crippen molar-refractivity contribution in [2.75, 3.05) is 6.79 Å². The molecule has 1 amide bonds. The lowest BCUT2D eigenvalue weighted by Crippen LogP contribution is -2.36. The van der Waals surface area contributed by atoms with Crippen LogP contribution in [0.5, 0.6) is 11.5 Å². The van der Waals surface area contributed by atoms with Gasteiger partial charge in [-0.1, -0.05) is 24.3 Å². The Balaban J connectivity index is 1.39. The number of hydrogen-bond donors (Lipinski definition) is 1. The summed E-state index contributed by atoms with van der Waals surface area (Å²) in [5.41, 5.74) is 0.0839. The molecular weight excluding hydrogens is 378 g/mol. The summed E-state index contributed by atoms with van der Waals surface area (Å²) < 4.78 is 20.8. The van der Waals surface area contributed by atoms with Crippen molar-refractivity contribution in [1.82, 2.24) is 5.32 Å². The van der Waals surface area contributed by atoms with E-state index in [0.29, 0.717) is 22.5 Å². The van der Waals surface area contributed by atoms with Crippen molar-refractivity contribution in [1.29, 1.82) is 0 Å². The molecule has 0 saturated heterocycles. The molecule has 0 bridgehead atoms. The number of nitrogens with one attached hydrogen (secondary N) is 1. The molecule has 8 heteroatoms. The Bertz CT molecular complexity index is 1150. The molecule has 4 rings (SSSR count). The third kappa shape index (κ3) is 3.91. The first-order valence-corrected chi connectivity index (χ1v) is 8.91. The summed E-state index contributed by atoms with van der Waals surface area (Å²) in [4.78, 5) is 36.6. The Morgan fingerprint density at radius 3 is 2.76 bits per heavy atom. The van der Waals surface area contributed by atoms with Gasteiger partial charge in [0.1, 0.15) is 11.1 Å². The lowest BCUT2D eigenvalue weighted by Gasteiger charge is -2.13. The number of hydrogen-bond acceptors (Lipinski definition) is 7. The first kappa shape index (κ1) is 18.5. The van der Waals surface area contributed by atoms with E-state index in [1.54, 1.807) is 42.5 Å². The van der Waals surface area contributed by atoms with E-state index >= 15 is 0 Å². The number of rotatable bonds is 5. The summed E-state index contributed by atoms with van der Waals surface area (Å²) >= 11 is 0. The van der Waals surface area contributed by atoms with Crippen molar-refractivity contribution in [3.05, 3.63) is 70.1 Å². The number of esters is 1. The number of para-hydroxylation sites is 1. The van der Waals surface area contributed by atoms with Gasteiger partial charge in [0.05, 0.1) is 0 Å². The molecule has 1 aliphatic rings. The van der Waals surface area contributed by atoms with Gasteiger partial charge in [-0.2, -0.15) is 0 Å². The second-order valence-corrected chi connectivity index (χ2v) is 6.44. The molecular formula is C21H17NO7. The largest absolute Gasteiger partial charge is 0.454 e. The first-order valence-electron chi connectivity index (χ1n) is 8.91. The van der Waals surface area contributed by atoms with E-state index < -0.39 is 23.6 Å². The number of fused-ring (bicyclic) bond motifs is 2. The third-order valence-corrected chi connectivity index (χ3v) is 4.42. The minimum absolute atomic E-state index is 0.168. The zero-order valence-corrected chi connectivity index (χ0v) is 15.5. The molecule has 2 aromatic carbocycles. The summed E-state index contributed by atoms with van der Waals surface area (Å²) in [5.74, 6) is -0.160. The number of carbonyl (C=O) groups excluding carboxylic acids is 2. The van der Waals surface area contributed by atoms with Crippen molar-refractivity contribution < 1.29 is 28.2 Å². The number of amides is 1. The molecule has 0 saturated carbocycles. The molecule has 0 aliphatic carbocycles. The van der Waals surface area contributed by atoms with Crippen LogP contribution in [-0.2, 0) is 16.1 Å². The highest BCUT2D eigenvalue weighted by Crippen LogP contribution is 2.32. The van der Waals surface area contributed by atoms with Crippen LogP contribution in [0.4, 0.5) is 0 Å². The van der Waals surface area contributed by atoms with Crippen LogP contribution < -0.4 is 20.4 Å². The Morgan fingerprint density at radius 2 is 1.90 bits per heavy atom. The van der Waals surface area contributed by atoms with Gasteiger partial charge in [-0.15, -0.1) is 0 Å². The van der Waals surface area contributed by atoms with E-state index in [4.69, 9.17) is 18.6 Å². The normalized spacial score (nSPS) is 13.1. The highest BCUT2D eigenvalue weighted by Gasteiger charge is 2.22. The zero-order valence-electron chi connectivity index (χ0n) is 15.5. The monoisotopic (exact) mass is 395 g/mol. The molecule has 1 aromatic heterocycles. The fourth-order valence-electron chi connectivity index (χ4n) is 2.87. The Kier molecular flexibility index (Phi) is 4.90. The molecule has 1 aliphatic heterocycles. The summed E-state index contributed by atoms with van der Waals surface area (Å²) in [6, 6.07) is 13.5. The molecule has 0 radical (unpaired) electrons. The first-order chi connectivity index (χ1) is 14.0. The van der Waals surface area contributed by atoms with Crippen LogP contribution in [0, 0.1) is 0 Å². The summed E-state index contributed by atoms with van der Waals surface area (Å²) in [6.07, 6.45) is -1.10.